The number of methoxy groups -OCH3 is 1. The number of benzene rings is 1. The molecule has 5 heteroatoms. The summed E-state index contributed by atoms with van der Waals surface area (Å²) < 4.78 is 10.5. The fourth-order valence-electron chi connectivity index (χ4n) is 2.08. The van der Waals surface area contributed by atoms with Gasteiger partial charge in [-0.05, 0) is 25.1 Å². The number of hydrogen-bond donors (Lipinski definition) is 1. The van der Waals surface area contributed by atoms with Gasteiger partial charge >= 0.3 is 0 Å². The van der Waals surface area contributed by atoms with Crippen molar-refractivity contribution in [2.75, 3.05) is 13.7 Å². The van der Waals surface area contributed by atoms with Gasteiger partial charge < -0.3 is 14.6 Å². The SMILES string of the molecule is CCNC(CC)Cc1nc(-c2cccc(OC)c2)no1. The maximum absolute atomic E-state index is 5.33. The Morgan fingerprint density at radius 1 is 1.35 bits per heavy atom. The van der Waals surface area contributed by atoms with Crippen molar-refractivity contribution in [1.82, 2.24) is 15.5 Å². The first kappa shape index (κ1) is 14.5. The molecule has 1 heterocycles. The van der Waals surface area contributed by atoms with E-state index in [1.54, 1.807) is 7.11 Å². The Bertz CT molecular complexity index is 539. The standard InChI is InChI=1S/C15H21N3O2/c1-4-12(16-5-2)10-14-17-15(18-20-14)11-7-6-8-13(9-11)19-3/h6-9,12,16H,4-5,10H2,1-3H3. The third-order valence-corrected chi connectivity index (χ3v) is 3.20. The van der Waals surface area contributed by atoms with E-state index in [0.29, 0.717) is 17.8 Å². The Morgan fingerprint density at radius 3 is 2.90 bits per heavy atom. The predicted molar refractivity (Wildman–Crippen MR) is 77.7 cm³/mol. The lowest BCUT2D eigenvalue weighted by molar-refractivity contribution is 0.355. The molecule has 5 nitrogen and oxygen atoms in total. The van der Waals surface area contributed by atoms with Crippen molar-refractivity contribution in [3.8, 4) is 17.1 Å². The van der Waals surface area contributed by atoms with Crippen LogP contribution in [-0.4, -0.2) is 29.8 Å². The van der Waals surface area contributed by atoms with Crippen LogP contribution < -0.4 is 10.1 Å². The summed E-state index contributed by atoms with van der Waals surface area (Å²) in [4.78, 5) is 4.45. The first-order valence-corrected chi connectivity index (χ1v) is 6.97. The summed E-state index contributed by atoms with van der Waals surface area (Å²) in [5, 5.41) is 7.44. The van der Waals surface area contributed by atoms with Gasteiger partial charge in [0.2, 0.25) is 11.7 Å². The Hall–Kier alpha value is -1.88. The fraction of sp³-hybridized carbons (Fsp3) is 0.467. The zero-order chi connectivity index (χ0) is 14.4. The average molecular weight is 275 g/mol. The largest absolute Gasteiger partial charge is 0.497 e. The van der Waals surface area contributed by atoms with Gasteiger partial charge in [0.05, 0.1) is 7.11 Å². The molecular formula is C15H21N3O2. The van der Waals surface area contributed by atoms with Crippen LogP contribution in [-0.2, 0) is 6.42 Å². The number of likely N-dealkylation sites (N-methyl/N-ethyl adjacent to an activating group) is 1. The molecule has 108 valence electrons. The number of ether oxygens (including phenoxy) is 1. The molecule has 1 aromatic heterocycles. The fourth-order valence-corrected chi connectivity index (χ4v) is 2.08. The van der Waals surface area contributed by atoms with Crippen LogP contribution in [0.1, 0.15) is 26.2 Å². The van der Waals surface area contributed by atoms with Crippen LogP contribution in [0.4, 0.5) is 0 Å². The summed E-state index contributed by atoms with van der Waals surface area (Å²) in [6.45, 7) is 5.18. The summed E-state index contributed by atoms with van der Waals surface area (Å²) >= 11 is 0. The summed E-state index contributed by atoms with van der Waals surface area (Å²) in [7, 11) is 1.64. The Labute approximate surface area is 119 Å². The van der Waals surface area contributed by atoms with Gasteiger partial charge in [-0.3, -0.25) is 0 Å². The van der Waals surface area contributed by atoms with Gasteiger partial charge in [0.25, 0.3) is 0 Å². The molecule has 0 saturated carbocycles. The van der Waals surface area contributed by atoms with E-state index in [9.17, 15) is 0 Å². The molecule has 0 spiro atoms. The third kappa shape index (κ3) is 3.57. The highest BCUT2D eigenvalue weighted by molar-refractivity contribution is 5.56. The molecule has 0 saturated heterocycles. The Kier molecular flexibility index (Phi) is 5.12. The van der Waals surface area contributed by atoms with Crippen molar-refractivity contribution < 1.29 is 9.26 Å². The molecule has 0 radical (unpaired) electrons. The van der Waals surface area contributed by atoms with Crippen molar-refractivity contribution in [2.24, 2.45) is 0 Å². The van der Waals surface area contributed by atoms with E-state index in [1.165, 1.54) is 0 Å². The molecule has 0 bridgehead atoms. The molecular weight excluding hydrogens is 254 g/mol. The molecule has 0 fully saturated rings. The van der Waals surface area contributed by atoms with Crippen molar-refractivity contribution in [3.63, 3.8) is 0 Å². The number of nitrogens with one attached hydrogen (secondary N) is 1. The second kappa shape index (κ2) is 7.05. The van der Waals surface area contributed by atoms with Gasteiger partial charge in [-0.15, -0.1) is 0 Å². The Balaban J connectivity index is 2.11. The van der Waals surface area contributed by atoms with E-state index in [4.69, 9.17) is 9.26 Å². The molecule has 20 heavy (non-hydrogen) atoms. The molecule has 1 aromatic carbocycles. The van der Waals surface area contributed by atoms with Gasteiger partial charge in [0.15, 0.2) is 0 Å². The number of rotatable bonds is 7. The van der Waals surface area contributed by atoms with Crippen LogP contribution in [0, 0.1) is 0 Å². The lowest BCUT2D eigenvalue weighted by atomic mass is 10.1. The van der Waals surface area contributed by atoms with E-state index < -0.39 is 0 Å². The third-order valence-electron chi connectivity index (χ3n) is 3.20. The van der Waals surface area contributed by atoms with Gasteiger partial charge in [-0.1, -0.05) is 31.1 Å². The van der Waals surface area contributed by atoms with Gasteiger partial charge in [-0.25, -0.2) is 0 Å². The topological polar surface area (TPSA) is 60.2 Å². The van der Waals surface area contributed by atoms with Gasteiger partial charge in [0, 0.05) is 18.0 Å². The summed E-state index contributed by atoms with van der Waals surface area (Å²) in [5.41, 5.74) is 0.899. The van der Waals surface area contributed by atoms with Crippen LogP contribution in [0.15, 0.2) is 28.8 Å². The molecule has 1 unspecified atom stereocenters. The lowest BCUT2D eigenvalue weighted by Gasteiger charge is -2.12. The van der Waals surface area contributed by atoms with E-state index in [2.05, 4.69) is 29.3 Å². The van der Waals surface area contributed by atoms with Crippen LogP contribution in [0.5, 0.6) is 5.75 Å². The molecule has 2 aromatic rings. The quantitative estimate of drug-likeness (QED) is 0.841. The van der Waals surface area contributed by atoms with Crippen LogP contribution >= 0.6 is 0 Å². The van der Waals surface area contributed by atoms with E-state index in [1.807, 2.05) is 24.3 Å². The normalized spacial score (nSPS) is 12.3. The van der Waals surface area contributed by atoms with Crippen LogP contribution in [0.3, 0.4) is 0 Å². The molecule has 0 aliphatic rings. The molecule has 0 amide bonds. The van der Waals surface area contributed by atoms with Crippen LogP contribution in [0.2, 0.25) is 0 Å². The number of hydrogen-bond acceptors (Lipinski definition) is 5. The van der Waals surface area contributed by atoms with Crippen molar-refractivity contribution in [3.05, 3.63) is 30.2 Å². The minimum Gasteiger partial charge on any atom is -0.497 e. The van der Waals surface area contributed by atoms with Crippen molar-refractivity contribution in [1.29, 1.82) is 0 Å². The minimum atomic E-state index is 0.374. The van der Waals surface area contributed by atoms with E-state index in [-0.39, 0.29) is 0 Å². The highest BCUT2D eigenvalue weighted by Gasteiger charge is 2.13. The highest BCUT2D eigenvalue weighted by atomic mass is 16.5. The zero-order valence-electron chi connectivity index (χ0n) is 12.2. The van der Waals surface area contributed by atoms with Crippen molar-refractivity contribution in [2.45, 2.75) is 32.7 Å². The lowest BCUT2D eigenvalue weighted by Crippen LogP contribution is -2.30. The maximum atomic E-state index is 5.33. The van der Waals surface area contributed by atoms with E-state index >= 15 is 0 Å². The zero-order valence-corrected chi connectivity index (χ0v) is 12.2. The minimum absolute atomic E-state index is 0.374. The summed E-state index contributed by atoms with van der Waals surface area (Å²) in [6.07, 6.45) is 1.78. The average Bonchev–Trinajstić information content (AvgIpc) is 2.95. The monoisotopic (exact) mass is 275 g/mol. The van der Waals surface area contributed by atoms with Gasteiger partial charge in [-0.2, -0.15) is 4.98 Å². The van der Waals surface area contributed by atoms with Crippen molar-refractivity contribution >= 4 is 0 Å². The maximum Gasteiger partial charge on any atom is 0.228 e. The first-order chi connectivity index (χ1) is 9.76. The highest BCUT2D eigenvalue weighted by Crippen LogP contribution is 2.21. The molecule has 1 N–H and O–H groups in total. The Morgan fingerprint density at radius 2 is 2.20 bits per heavy atom. The smallest absolute Gasteiger partial charge is 0.228 e. The van der Waals surface area contributed by atoms with Gasteiger partial charge in [0.1, 0.15) is 5.75 Å². The van der Waals surface area contributed by atoms with Crippen LogP contribution in [0.25, 0.3) is 11.4 Å². The molecule has 0 aliphatic heterocycles. The predicted octanol–water partition coefficient (Wildman–Crippen LogP) is 2.68. The summed E-state index contributed by atoms with van der Waals surface area (Å²) in [6, 6.07) is 8.02. The molecule has 0 aliphatic carbocycles. The second-order valence-corrected chi connectivity index (χ2v) is 4.61. The molecule has 2 rings (SSSR count). The molecule has 1 atom stereocenters. The number of nitrogens with zero attached hydrogens (tertiary/aromatic N) is 2. The van der Waals surface area contributed by atoms with E-state index in [0.717, 1.165) is 30.7 Å². The second-order valence-electron chi connectivity index (χ2n) is 4.61. The number of aromatic nitrogens is 2. The summed E-state index contributed by atoms with van der Waals surface area (Å²) in [5.74, 6) is 2.05. The first-order valence-electron chi connectivity index (χ1n) is 6.97.